The molecule has 0 saturated carbocycles. The van der Waals surface area contributed by atoms with Crippen molar-refractivity contribution in [3.8, 4) is 0 Å². The van der Waals surface area contributed by atoms with Gasteiger partial charge in [-0.15, -0.1) is 0 Å². The number of hydrogen-bond donors (Lipinski definition) is 1. The smallest absolute Gasteiger partial charge is 0.243 e. The van der Waals surface area contributed by atoms with E-state index < -0.39 is 10.0 Å². The summed E-state index contributed by atoms with van der Waals surface area (Å²) >= 11 is 0. The van der Waals surface area contributed by atoms with Gasteiger partial charge in [0.05, 0.1) is 17.0 Å². The van der Waals surface area contributed by atoms with Gasteiger partial charge in [-0.3, -0.25) is 0 Å². The third-order valence-electron chi connectivity index (χ3n) is 4.00. The highest BCUT2D eigenvalue weighted by Crippen LogP contribution is 2.26. The minimum atomic E-state index is -3.50. The van der Waals surface area contributed by atoms with Crippen LogP contribution >= 0.6 is 0 Å². The zero-order valence-corrected chi connectivity index (χ0v) is 13.7. The average molecular weight is 312 g/mol. The van der Waals surface area contributed by atoms with Gasteiger partial charge >= 0.3 is 0 Å². The molecule has 118 valence electrons. The molecule has 0 amide bonds. The topological polar surface area (TPSA) is 58.6 Å². The third-order valence-corrected chi connectivity index (χ3v) is 5.98. The van der Waals surface area contributed by atoms with Gasteiger partial charge in [0, 0.05) is 20.2 Å². The zero-order chi connectivity index (χ0) is 15.5. The van der Waals surface area contributed by atoms with Crippen LogP contribution in [0.15, 0.2) is 29.2 Å². The second kappa shape index (κ2) is 6.87. The van der Waals surface area contributed by atoms with Crippen LogP contribution in [0.4, 0.5) is 0 Å². The van der Waals surface area contributed by atoms with Crippen LogP contribution in [0, 0.1) is 0 Å². The maximum atomic E-state index is 12.9. The highest BCUT2D eigenvalue weighted by molar-refractivity contribution is 7.89. The summed E-state index contributed by atoms with van der Waals surface area (Å²) < 4.78 is 32.7. The van der Waals surface area contributed by atoms with Gasteiger partial charge in [0.2, 0.25) is 10.0 Å². The van der Waals surface area contributed by atoms with E-state index in [0.29, 0.717) is 18.0 Å². The Labute approximate surface area is 127 Å². The van der Waals surface area contributed by atoms with Crippen molar-refractivity contribution in [2.24, 2.45) is 0 Å². The highest BCUT2D eigenvalue weighted by atomic mass is 32.2. The summed E-state index contributed by atoms with van der Waals surface area (Å²) in [5, 5.41) is 3.19. The van der Waals surface area contributed by atoms with Crippen molar-refractivity contribution in [2.45, 2.75) is 43.9 Å². The fourth-order valence-corrected chi connectivity index (χ4v) is 4.36. The maximum Gasteiger partial charge on any atom is 0.243 e. The molecule has 1 N–H and O–H groups in total. The van der Waals surface area contributed by atoms with E-state index in [9.17, 15) is 8.42 Å². The molecule has 1 heterocycles. The molecule has 1 aliphatic rings. The van der Waals surface area contributed by atoms with Crippen LogP contribution in [-0.4, -0.2) is 45.1 Å². The van der Waals surface area contributed by atoms with E-state index in [2.05, 4.69) is 5.32 Å². The molecule has 1 saturated heterocycles. The maximum absolute atomic E-state index is 12.9. The quantitative estimate of drug-likeness (QED) is 0.867. The van der Waals surface area contributed by atoms with Crippen LogP contribution in [0.1, 0.15) is 25.8 Å². The van der Waals surface area contributed by atoms with Gasteiger partial charge < -0.3 is 10.1 Å². The number of ether oxygens (including phenoxy) is 1. The van der Waals surface area contributed by atoms with Gasteiger partial charge in [-0.25, -0.2) is 8.42 Å². The summed E-state index contributed by atoms with van der Waals surface area (Å²) in [7, 11) is -1.86. The van der Waals surface area contributed by atoms with E-state index in [-0.39, 0.29) is 12.1 Å². The van der Waals surface area contributed by atoms with Crippen molar-refractivity contribution in [2.75, 3.05) is 20.2 Å². The molecule has 1 fully saturated rings. The van der Waals surface area contributed by atoms with Crippen LogP contribution in [0.2, 0.25) is 0 Å². The number of hydrogen-bond acceptors (Lipinski definition) is 4. The van der Waals surface area contributed by atoms with Crippen molar-refractivity contribution < 1.29 is 13.2 Å². The monoisotopic (exact) mass is 312 g/mol. The Morgan fingerprint density at radius 2 is 2.10 bits per heavy atom. The number of nitrogens with zero attached hydrogens (tertiary/aromatic N) is 1. The van der Waals surface area contributed by atoms with Crippen molar-refractivity contribution in [3.05, 3.63) is 29.8 Å². The van der Waals surface area contributed by atoms with Crippen molar-refractivity contribution >= 4 is 10.0 Å². The lowest BCUT2D eigenvalue weighted by Crippen LogP contribution is -2.41. The molecule has 1 aromatic carbocycles. The van der Waals surface area contributed by atoms with Gasteiger partial charge in [0.15, 0.2) is 0 Å². The van der Waals surface area contributed by atoms with E-state index in [4.69, 9.17) is 4.74 Å². The summed E-state index contributed by atoms with van der Waals surface area (Å²) in [4.78, 5) is 0.382. The van der Waals surface area contributed by atoms with Gasteiger partial charge in [0.25, 0.3) is 0 Å². The van der Waals surface area contributed by atoms with Crippen LogP contribution in [-0.2, 0) is 21.3 Å². The first-order chi connectivity index (χ1) is 9.98. The van der Waals surface area contributed by atoms with E-state index in [1.807, 2.05) is 26.0 Å². The standard InChI is InChI=1S/C15H24N2O3S/c1-4-16-11-13-7-5-6-8-15(13)21(18,19)17(3)14-9-10-20-12(14)2/h5-8,12,14,16H,4,9-11H2,1-3H3. The molecule has 5 nitrogen and oxygen atoms in total. The Morgan fingerprint density at radius 3 is 2.71 bits per heavy atom. The second-order valence-corrected chi connectivity index (χ2v) is 7.31. The summed E-state index contributed by atoms with van der Waals surface area (Å²) in [6.07, 6.45) is 0.678. The predicted molar refractivity (Wildman–Crippen MR) is 82.6 cm³/mol. The fourth-order valence-electron chi connectivity index (χ4n) is 2.69. The fraction of sp³-hybridized carbons (Fsp3) is 0.600. The van der Waals surface area contributed by atoms with Gasteiger partial charge in [-0.05, 0) is 31.5 Å². The van der Waals surface area contributed by atoms with Crippen LogP contribution in [0.3, 0.4) is 0 Å². The summed E-state index contributed by atoms with van der Waals surface area (Å²) in [5.74, 6) is 0. The number of sulfonamides is 1. The number of nitrogens with one attached hydrogen (secondary N) is 1. The van der Waals surface area contributed by atoms with Crippen LogP contribution in [0.5, 0.6) is 0 Å². The molecule has 0 bridgehead atoms. The molecule has 1 aliphatic heterocycles. The molecule has 0 spiro atoms. The molecule has 0 aliphatic carbocycles. The minimum absolute atomic E-state index is 0.0642. The zero-order valence-electron chi connectivity index (χ0n) is 12.9. The Morgan fingerprint density at radius 1 is 1.38 bits per heavy atom. The Kier molecular flexibility index (Phi) is 5.37. The first-order valence-electron chi connectivity index (χ1n) is 7.36. The average Bonchev–Trinajstić information content (AvgIpc) is 2.90. The summed E-state index contributed by atoms with van der Waals surface area (Å²) in [6.45, 7) is 5.90. The molecule has 2 atom stereocenters. The lowest BCUT2D eigenvalue weighted by Gasteiger charge is -2.27. The molecule has 1 aromatic rings. The largest absolute Gasteiger partial charge is 0.377 e. The summed E-state index contributed by atoms with van der Waals surface area (Å²) in [5.41, 5.74) is 0.803. The number of benzene rings is 1. The molecular formula is C15H24N2O3S. The SMILES string of the molecule is CCNCc1ccccc1S(=O)(=O)N(C)C1CCOC1C. The van der Waals surface area contributed by atoms with Crippen molar-refractivity contribution in [1.82, 2.24) is 9.62 Å². The molecule has 0 aromatic heterocycles. The number of rotatable bonds is 6. The van der Waals surface area contributed by atoms with Gasteiger partial charge in [-0.1, -0.05) is 25.1 Å². The van der Waals surface area contributed by atoms with Crippen LogP contribution < -0.4 is 5.32 Å². The van der Waals surface area contributed by atoms with Gasteiger partial charge in [0.1, 0.15) is 0 Å². The Bertz CT molecular complexity index is 574. The molecule has 2 unspecified atom stereocenters. The minimum Gasteiger partial charge on any atom is -0.377 e. The Hall–Kier alpha value is -0.950. The van der Waals surface area contributed by atoms with Gasteiger partial charge in [-0.2, -0.15) is 4.31 Å². The summed E-state index contributed by atoms with van der Waals surface area (Å²) in [6, 6.07) is 7.08. The van der Waals surface area contributed by atoms with Crippen molar-refractivity contribution in [3.63, 3.8) is 0 Å². The van der Waals surface area contributed by atoms with Crippen LogP contribution in [0.25, 0.3) is 0 Å². The predicted octanol–water partition coefficient (Wildman–Crippen LogP) is 1.59. The molecule has 2 rings (SSSR count). The normalized spacial score (nSPS) is 22.9. The van der Waals surface area contributed by atoms with E-state index in [1.165, 1.54) is 4.31 Å². The van der Waals surface area contributed by atoms with E-state index >= 15 is 0 Å². The third kappa shape index (κ3) is 3.45. The molecule has 6 heteroatoms. The second-order valence-electron chi connectivity index (χ2n) is 5.34. The molecular weight excluding hydrogens is 288 g/mol. The lowest BCUT2D eigenvalue weighted by atomic mass is 10.2. The first kappa shape index (κ1) is 16.4. The molecule has 21 heavy (non-hydrogen) atoms. The lowest BCUT2D eigenvalue weighted by molar-refractivity contribution is 0.102. The Balaban J connectivity index is 2.30. The highest BCUT2D eigenvalue weighted by Gasteiger charge is 2.35. The van der Waals surface area contributed by atoms with E-state index in [0.717, 1.165) is 18.5 Å². The molecule has 0 radical (unpaired) electrons. The number of likely N-dealkylation sites (N-methyl/N-ethyl adjacent to an activating group) is 1. The van der Waals surface area contributed by atoms with E-state index in [1.54, 1.807) is 19.2 Å². The first-order valence-corrected chi connectivity index (χ1v) is 8.80. The van der Waals surface area contributed by atoms with Crippen molar-refractivity contribution in [1.29, 1.82) is 0 Å².